The van der Waals surface area contributed by atoms with Gasteiger partial charge in [-0.3, -0.25) is 4.79 Å². The van der Waals surface area contributed by atoms with Crippen molar-refractivity contribution in [2.24, 2.45) is 5.92 Å². The first kappa shape index (κ1) is 9.35. The van der Waals surface area contributed by atoms with Gasteiger partial charge >= 0.3 is 5.97 Å². The second-order valence-electron chi connectivity index (χ2n) is 2.22. The molecule has 0 rings (SSSR count). The Labute approximate surface area is 57.5 Å². The molecule has 10 heavy (non-hydrogen) atoms. The number of carboxylic acids is 1. The first-order chi connectivity index (χ1) is 4.33. The van der Waals surface area contributed by atoms with Crippen LogP contribution >= 0.6 is 0 Å². The van der Waals surface area contributed by atoms with Gasteiger partial charge in [0.2, 0.25) is 0 Å². The molecule has 0 fully saturated rings. The number of rotatable bonds is 3. The molecule has 1 unspecified atom stereocenters. The van der Waals surface area contributed by atoms with Crippen molar-refractivity contribution in [3.8, 4) is 0 Å². The third-order valence-corrected chi connectivity index (χ3v) is 1.00. The van der Waals surface area contributed by atoms with Crippen molar-refractivity contribution in [1.82, 2.24) is 0 Å². The van der Waals surface area contributed by atoms with Gasteiger partial charge in [-0.2, -0.15) is 0 Å². The molecule has 0 saturated carbocycles. The maximum absolute atomic E-state index is 10.0. The molecule has 5 heteroatoms. The van der Waals surface area contributed by atoms with Crippen molar-refractivity contribution in [2.75, 3.05) is 0 Å². The molecule has 0 aliphatic carbocycles. The molecule has 0 saturated heterocycles. The summed E-state index contributed by atoms with van der Waals surface area (Å²) in [6.45, 7) is 1.26. The summed E-state index contributed by atoms with van der Waals surface area (Å²) < 4.78 is 0. The van der Waals surface area contributed by atoms with E-state index in [1.165, 1.54) is 6.92 Å². The first-order valence-corrected chi connectivity index (χ1v) is 2.73. The average Bonchev–Trinajstić information content (AvgIpc) is 1.60. The molecule has 0 aliphatic heterocycles. The third kappa shape index (κ3) is 4.25. The molecule has 0 aromatic carbocycles. The van der Waals surface area contributed by atoms with E-state index in [2.05, 4.69) is 0 Å². The largest absolute Gasteiger partial charge is 0.481 e. The minimum atomic E-state index is -2.88. The highest BCUT2D eigenvalue weighted by Crippen LogP contribution is 2.10. The molecule has 1 atom stereocenters. The fourth-order valence-corrected chi connectivity index (χ4v) is 0.498. The molecule has 0 aliphatic rings. The van der Waals surface area contributed by atoms with E-state index in [-0.39, 0.29) is 0 Å². The number of carboxylic acid groups (broad SMARTS) is 1. The van der Waals surface area contributed by atoms with Crippen LogP contribution in [-0.2, 0) is 4.79 Å². The Morgan fingerprint density at radius 2 is 1.90 bits per heavy atom. The van der Waals surface area contributed by atoms with Crippen LogP contribution in [0.3, 0.4) is 0 Å². The highest BCUT2D eigenvalue weighted by Gasteiger charge is 2.25. The van der Waals surface area contributed by atoms with E-state index in [9.17, 15) is 4.79 Å². The molecule has 4 N–H and O–H groups in total. The molecule has 0 radical (unpaired) electrons. The zero-order valence-electron chi connectivity index (χ0n) is 5.48. The van der Waals surface area contributed by atoms with E-state index in [0.29, 0.717) is 0 Å². The van der Waals surface area contributed by atoms with E-state index in [1.54, 1.807) is 0 Å². The first-order valence-electron chi connectivity index (χ1n) is 2.73. The van der Waals surface area contributed by atoms with E-state index in [1.807, 2.05) is 0 Å². The maximum Gasteiger partial charge on any atom is 0.306 e. The summed E-state index contributed by atoms with van der Waals surface area (Å²) in [5.74, 6) is -5.03. The minimum Gasteiger partial charge on any atom is -0.481 e. The van der Waals surface area contributed by atoms with Crippen molar-refractivity contribution in [3.05, 3.63) is 0 Å². The van der Waals surface area contributed by atoms with E-state index in [0.717, 1.165) is 0 Å². The summed E-state index contributed by atoms with van der Waals surface area (Å²) >= 11 is 0. The van der Waals surface area contributed by atoms with Crippen LogP contribution in [0.5, 0.6) is 0 Å². The van der Waals surface area contributed by atoms with Crippen molar-refractivity contribution >= 4 is 5.97 Å². The summed E-state index contributed by atoms with van der Waals surface area (Å²) in [6, 6.07) is 0. The fraction of sp³-hybridized carbons (Fsp3) is 0.800. The molecular weight excluding hydrogens is 140 g/mol. The van der Waals surface area contributed by atoms with E-state index < -0.39 is 24.3 Å². The summed E-state index contributed by atoms with van der Waals surface area (Å²) in [7, 11) is 0. The van der Waals surface area contributed by atoms with Gasteiger partial charge in [0.1, 0.15) is 0 Å². The zero-order valence-corrected chi connectivity index (χ0v) is 5.48. The van der Waals surface area contributed by atoms with Crippen LogP contribution < -0.4 is 0 Å². The zero-order chi connectivity index (χ0) is 8.36. The van der Waals surface area contributed by atoms with Crippen LogP contribution in [0.25, 0.3) is 0 Å². The molecular formula is C5H10O5. The molecule has 60 valence electrons. The second-order valence-corrected chi connectivity index (χ2v) is 2.22. The van der Waals surface area contributed by atoms with Crippen LogP contribution in [0, 0.1) is 5.92 Å². The smallest absolute Gasteiger partial charge is 0.306 e. The lowest BCUT2D eigenvalue weighted by atomic mass is 10.1. The van der Waals surface area contributed by atoms with Gasteiger partial charge < -0.3 is 20.4 Å². The molecule has 0 amide bonds. The summed E-state index contributed by atoms with van der Waals surface area (Å²) in [5.41, 5.74) is 0. The monoisotopic (exact) mass is 150 g/mol. The van der Waals surface area contributed by atoms with Gasteiger partial charge in [-0.25, -0.2) is 0 Å². The van der Waals surface area contributed by atoms with Gasteiger partial charge in [-0.05, 0) is 0 Å². The van der Waals surface area contributed by atoms with E-state index in [4.69, 9.17) is 20.4 Å². The summed E-state index contributed by atoms with van der Waals surface area (Å²) in [6.07, 6.45) is -0.595. The topological polar surface area (TPSA) is 98.0 Å². The number of aliphatic carboxylic acids is 1. The second kappa shape index (κ2) is 2.96. The van der Waals surface area contributed by atoms with Crippen LogP contribution in [0.15, 0.2) is 0 Å². The highest BCUT2D eigenvalue weighted by atomic mass is 16.7. The summed E-state index contributed by atoms with van der Waals surface area (Å²) in [5, 5.41) is 33.1. The SMILES string of the molecule is CC(CC(O)(O)O)C(=O)O. The molecule has 0 aromatic heterocycles. The Balaban J connectivity index is 3.80. The Bertz CT molecular complexity index is 124. The average molecular weight is 150 g/mol. The standard InChI is InChI=1S/C5H10O5/c1-3(4(6)7)2-5(8,9)10/h3,8-10H,2H2,1H3,(H,6,7). The van der Waals surface area contributed by atoms with E-state index >= 15 is 0 Å². The molecule has 0 aromatic rings. The van der Waals surface area contributed by atoms with Crippen LogP contribution in [0.1, 0.15) is 13.3 Å². The molecule has 0 spiro atoms. The lowest BCUT2D eigenvalue weighted by molar-refractivity contribution is -0.318. The van der Waals surface area contributed by atoms with Gasteiger partial charge in [0.25, 0.3) is 5.97 Å². The lowest BCUT2D eigenvalue weighted by Gasteiger charge is -2.15. The minimum absolute atomic E-state index is 0.595. The Kier molecular flexibility index (Phi) is 2.77. The van der Waals surface area contributed by atoms with Gasteiger partial charge in [-0.15, -0.1) is 0 Å². The number of carbonyl (C=O) groups is 1. The van der Waals surface area contributed by atoms with Crippen LogP contribution in [0.2, 0.25) is 0 Å². The molecule has 0 heterocycles. The maximum atomic E-state index is 10.0. The predicted octanol–water partition coefficient (Wildman–Crippen LogP) is -1.27. The van der Waals surface area contributed by atoms with Crippen LogP contribution in [0.4, 0.5) is 0 Å². The Morgan fingerprint density at radius 3 is 2.00 bits per heavy atom. The van der Waals surface area contributed by atoms with Gasteiger partial charge in [0.15, 0.2) is 0 Å². The van der Waals surface area contributed by atoms with Crippen LogP contribution in [-0.4, -0.2) is 32.4 Å². The van der Waals surface area contributed by atoms with Crippen molar-refractivity contribution in [2.45, 2.75) is 19.3 Å². The highest BCUT2D eigenvalue weighted by molar-refractivity contribution is 5.69. The fourth-order valence-electron chi connectivity index (χ4n) is 0.498. The molecule has 5 nitrogen and oxygen atoms in total. The number of hydrogen-bond acceptors (Lipinski definition) is 4. The van der Waals surface area contributed by atoms with Crippen molar-refractivity contribution in [1.29, 1.82) is 0 Å². The Hall–Kier alpha value is -0.650. The lowest BCUT2D eigenvalue weighted by Crippen LogP contribution is -2.31. The van der Waals surface area contributed by atoms with Gasteiger partial charge in [0.05, 0.1) is 5.92 Å². The van der Waals surface area contributed by atoms with Crippen molar-refractivity contribution < 1.29 is 25.2 Å². The van der Waals surface area contributed by atoms with Gasteiger partial charge in [0, 0.05) is 6.42 Å². The Morgan fingerprint density at radius 1 is 1.50 bits per heavy atom. The number of aliphatic hydroxyl groups is 3. The summed E-state index contributed by atoms with van der Waals surface area (Å²) in [4.78, 5) is 10.0. The quantitative estimate of drug-likeness (QED) is 0.376. The molecule has 0 bridgehead atoms. The predicted molar refractivity (Wildman–Crippen MR) is 30.8 cm³/mol. The van der Waals surface area contributed by atoms with Crippen molar-refractivity contribution in [3.63, 3.8) is 0 Å². The number of hydrogen-bond donors (Lipinski definition) is 4. The third-order valence-electron chi connectivity index (χ3n) is 1.00. The van der Waals surface area contributed by atoms with Gasteiger partial charge in [-0.1, -0.05) is 6.92 Å². The normalized spacial score (nSPS) is 14.8.